The standard InChI is InChI=1S/C13H15BrF2O2/c1-3-6-13(2,12(17)18)7-8-10(15)5-4-9(14)11(8)16/h4-5H,3,6-7H2,1-2H3,(H,17,18). The van der Waals surface area contributed by atoms with Crippen LogP contribution in [-0.4, -0.2) is 11.1 Å². The van der Waals surface area contributed by atoms with Crippen LogP contribution < -0.4 is 0 Å². The zero-order valence-corrected chi connectivity index (χ0v) is 11.9. The fourth-order valence-electron chi connectivity index (χ4n) is 1.94. The maximum absolute atomic E-state index is 13.8. The smallest absolute Gasteiger partial charge is 0.309 e. The van der Waals surface area contributed by atoms with Gasteiger partial charge in [-0.2, -0.15) is 0 Å². The number of halogens is 3. The molecule has 1 aromatic carbocycles. The summed E-state index contributed by atoms with van der Waals surface area (Å²) in [4.78, 5) is 11.3. The van der Waals surface area contributed by atoms with Crippen molar-refractivity contribution >= 4 is 21.9 Å². The first-order chi connectivity index (χ1) is 8.31. The zero-order chi connectivity index (χ0) is 13.9. The van der Waals surface area contributed by atoms with Gasteiger partial charge >= 0.3 is 5.97 Å². The van der Waals surface area contributed by atoms with Gasteiger partial charge in [-0.1, -0.05) is 13.3 Å². The summed E-state index contributed by atoms with van der Waals surface area (Å²) in [5.74, 6) is -2.47. The molecule has 0 amide bonds. The van der Waals surface area contributed by atoms with Crippen molar-refractivity contribution in [2.75, 3.05) is 0 Å². The van der Waals surface area contributed by atoms with Gasteiger partial charge in [0.05, 0.1) is 9.89 Å². The predicted molar refractivity (Wildman–Crippen MR) is 68.4 cm³/mol. The van der Waals surface area contributed by atoms with Crippen LogP contribution in [0.2, 0.25) is 0 Å². The van der Waals surface area contributed by atoms with E-state index < -0.39 is 23.0 Å². The monoisotopic (exact) mass is 320 g/mol. The highest BCUT2D eigenvalue weighted by atomic mass is 79.9. The van der Waals surface area contributed by atoms with Crippen molar-refractivity contribution in [2.45, 2.75) is 33.1 Å². The second-order valence-electron chi connectivity index (χ2n) is 4.61. The Morgan fingerprint density at radius 3 is 2.56 bits per heavy atom. The van der Waals surface area contributed by atoms with Gasteiger partial charge in [0.25, 0.3) is 0 Å². The zero-order valence-electron chi connectivity index (χ0n) is 10.3. The summed E-state index contributed by atoms with van der Waals surface area (Å²) >= 11 is 2.97. The van der Waals surface area contributed by atoms with Gasteiger partial charge in [0.15, 0.2) is 0 Å². The fraction of sp³-hybridized carbons (Fsp3) is 0.462. The first-order valence-corrected chi connectivity index (χ1v) is 6.47. The van der Waals surface area contributed by atoms with Crippen LogP contribution in [0.5, 0.6) is 0 Å². The maximum atomic E-state index is 13.8. The van der Waals surface area contributed by atoms with E-state index in [1.54, 1.807) is 0 Å². The molecule has 1 aromatic rings. The molecule has 1 atom stereocenters. The summed E-state index contributed by atoms with van der Waals surface area (Å²) in [6.07, 6.45) is 0.848. The van der Waals surface area contributed by atoms with E-state index >= 15 is 0 Å². The number of rotatable bonds is 5. The molecule has 0 saturated heterocycles. The van der Waals surface area contributed by atoms with Crippen molar-refractivity contribution in [2.24, 2.45) is 5.41 Å². The normalized spacial score (nSPS) is 14.3. The molecule has 0 aliphatic rings. The second kappa shape index (κ2) is 5.78. The van der Waals surface area contributed by atoms with E-state index in [1.807, 2.05) is 6.92 Å². The second-order valence-corrected chi connectivity index (χ2v) is 5.47. The number of carboxylic acid groups (broad SMARTS) is 1. The van der Waals surface area contributed by atoms with Gasteiger partial charge in [0.2, 0.25) is 0 Å². The maximum Gasteiger partial charge on any atom is 0.309 e. The van der Waals surface area contributed by atoms with Crippen molar-refractivity contribution < 1.29 is 18.7 Å². The molecule has 0 heterocycles. The molecule has 0 bridgehead atoms. The van der Waals surface area contributed by atoms with Crippen molar-refractivity contribution in [3.8, 4) is 0 Å². The molecular formula is C13H15BrF2O2. The Balaban J connectivity index is 3.16. The summed E-state index contributed by atoms with van der Waals surface area (Å²) in [5.41, 5.74) is -1.33. The number of hydrogen-bond donors (Lipinski definition) is 1. The molecular weight excluding hydrogens is 306 g/mol. The van der Waals surface area contributed by atoms with Gasteiger partial charge in [-0.05, 0) is 47.8 Å². The van der Waals surface area contributed by atoms with Crippen LogP contribution in [0.4, 0.5) is 8.78 Å². The van der Waals surface area contributed by atoms with Gasteiger partial charge in [0.1, 0.15) is 11.6 Å². The molecule has 18 heavy (non-hydrogen) atoms. The minimum Gasteiger partial charge on any atom is -0.481 e. The molecule has 5 heteroatoms. The lowest BCUT2D eigenvalue weighted by Gasteiger charge is -2.24. The molecule has 0 fully saturated rings. The number of carbonyl (C=O) groups is 1. The van der Waals surface area contributed by atoms with Gasteiger partial charge in [-0.3, -0.25) is 4.79 Å². The Kier molecular flexibility index (Phi) is 4.85. The molecule has 0 aliphatic heterocycles. The van der Waals surface area contributed by atoms with Crippen LogP contribution in [0.3, 0.4) is 0 Å². The third-order valence-electron chi connectivity index (χ3n) is 3.02. The van der Waals surface area contributed by atoms with Crippen LogP contribution in [-0.2, 0) is 11.2 Å². The minimum absolute atomic E-state index is 0.142. The van der Waals surface area contributed by atoms with E-state index in [9.17, 15) is 18.7 Å². The molecule has 0 aromatic heterocycles. The van der Waals surface area contributed by atoms with E-state index in [-0.39, 0.29) is 16.5 Å². The Morgan fingerprint density at radius 1 is 1.44 bits per heavy atom. The summed E-state index contributed by atoms with van der Waals surface area (Å²) in [6, 6.07) is 2.41. The first kappa shape index (κ1) is 15.1. The lowest BCUT2D eigenvalue weighted by molar-refractivity contribution is -0.148. The van der Waals surface area contributed by atoms with E-state index in [2.05, 4.69) is 15.9 Å². The molecule has 1 rings (SSSR count). The Morgan fingerprint density at radius 2 is 2.06 bits per heavy atom. The van der Waals surface area contributed by atoms with Gasteiger partial charge in [-0.15, -0.1) is 0 Å². The first-order valence-electron chi connectivity index (χ1n) is 5.67. The van der Waals surface area contributed by atoms with Crippen molar-refractivity contribution in [1.29, 1.82) is 0 Å². The molecule has 0 radical (unpaired) electrons. The van der Waals surface area contributed by atoms with Crippen LogP contribution in [0.25, 0.3) is 0 Å². The molecule has 1 N–H and O–H groups in total. The van der Waals surface area contributed by atoms with Gasteiger partial charge in [0, 0.05) is 5.56 Å². The van der Waals surface area contributed by atoms with E-state index in [4.69, 9.17) is 0 Å². The molecule has 2 nitrogen and oxygen atoms in total. The van der Waals surface area contributed by atoms with Crippen molar-refractivity contribution in [3.05, 3.63) is 33.8 Å². The van der Waals surface area contributed by atoms with Crippen molar-refractivity contribution in [1.82, 2.24) is 0 Å². The summed E-state index contributed by atoms with van der Waals surface area (Å²) in [6.45, 7) is 3.35. The topological polar surface area (TPSA) is 37.3 Å². The van der Waals surface area contributed by atoms with Crippen LogP contribution in [0, 0.1) is 17.0 Å². The average Bonchev–Trinajstić information content (AvgIpc) is 2.30. The minimum atomic E-state index is -1.16. The van der Waals surface area contributed by atoms with Gasteiger partial charge in [-0.25, -0.2) is 8.78 Å². The van der Waals surface area contributed by atoms with Crippen LogP contribution in [0.15, 0.2) is 16.6 Å². The van der Waals surface area contributed by atoms with Gasteiger partial charge < -0.3 is 5.11 Å². The molecule has 100 valence electrons. The average molecular weight is 321 g/mol. The number of hydrogen-bond acceptors (Lipinski definition) is 1. The fourth-order valence-corrected chi connectivity index (χ4v) is 2.32. The Bertz CT molecular complexity index is 463. The highest BCUT2D eigenvalue weighted by Gasteiger charge is 2.34. The van der Waals surface area contributed by atoms with E-state index in [0.717, 1.165) is 6.07 Å². The number of benzene rings is 1. The molecule has 0 saturated carbocycles. The summed E-state index contributed by atoms with van der Waals surface area (Å²) in [5, 5.41) is 9.22. The largest absolute Gasteiger partial charge is 0.481 e. The van der Waals surface area contributed by atoms with E-state index in [0.29, 0.717) is 12.8 Å². The van der Waals surface area contributed by atoms with Crippen molar-refractivity contribution in [3.63, 3.8) is 0 Å². The summed E-state index contributed by atoms with van der Waals surface area (Å²) < 4.78 is 27.6. The number of carboxylic acids is 1. The lowest BCUT2D eigenvalue weighted by Crippen LogP contribution is -2.30. The quantitative estimate of drug-likeness (QED) is 0.827. The SMILES string of the molecule is CCCC(C)(Cc1c(F)ccc(Br)c1F)C(=O)O. The molecule has 0 aliphatic carbocycles. The predicted octanol–water partition coefficient (Wildman–Crippen LogP) is 4.16. The third kappa shape index (κ3) is 3.07. The van der Waals surface area contributed by atoms with Crippen LogP contribution in [0.1, 0.15) is 32.3 Å². The van der Waals surface area contributed by atoms with Crippen LogP contribution >= 0.6 is 15.9 Å². The lowest BCUT2D eigenvalue weighted by atomic mass is 9.79. The number of aliphatic carboxylic acids is 1. The summed E-state index contributed by atoms with van der Waals surface area (Å²) in [7, 11) is 0. The Labute approximate surface area is 113 Å². The molecule has 1 unspecified atom stereocenters. The Hall–Kier alpha value is -0.970. The van der Waals surface area contributed by atoms with E-state index in [1.165, 1.54) is 13.0 Å². The third-order valence-corrected chi connectivity index (χ3v) is 3.64. The molecule has 0 spiro atoms. The highest BCUT2D eigenvalue weighted by molar-refractivity contribution is 9.10. The highest BCUT2D eigenvalue weighted by Crippen LogP contribution is 2.32.